The van der Waals surface area contributed by atoms with Gasteiger partial charge in [-0.1, -0.05) is 48.5 Å². The second-order valence-electron chi connectivity index (χ2n) is 14.1. The number of carbonyl (C=O) groups is 3. The highest BCUT2D eigenvalue weighted by molar-refractivity contribution is 5.88. The molecular weight excluding hydrogens is 650 g/mol. The van der Waals surface area contributed by atoms with Gasteiger partial charge in [0.1, 0.15) is 22.1 Å². The van der Waals surface area contributed by atoms with E-state index in [2.05, 4.69) is 4.98 Å². The molecule has 4 unspecified atom stereocenters. The van der Waals surface area contributed by atoms with E-state index in [9.17, 15) is 19.5 Å². The lowest BCUT2D eigenvalue weighted by atomic mass is 9.53. The van der Waals surface area contributed by atoms with Crippen LogP contribution in [0.25, 0.3) is 0 Å². The number of methoxy groups -OCH3 is 2. The topological polar surface area (TPSA) is 144 Å². The minimum atomic E-state index is -1.77. The van der Waals surface area contributed by atoms with Crippen molar-refractivity contribution in [1.29, 1.82) is 0 Å². The standard InChI is InChI=1S/C39H43N5O7/c1-37(2,3)51-33(45)30-19-13-16-27(42-30)23-43-24-38(35(47)49-4)31(28-17-9-11-20-40-28)44(22-26-14-7-6-8-15-26)32(29-18-10-12-21-41-29)39(25-43,34(38)46)36(48)50-5/h6-21,31-32,34,46H,22-25H2,1-5H3. The van der Waals surface area contributed by atoms with Gasteiger partial charge in [-0.15, -0.1) is 0 Å². The number of nitrogens with zero attached hydrogens (tertiary/aromatic N) is 5. The van der Waals surface area contributed by atoms with Crippen LogP contribution in [0.5, 0.6) is 0 Å². The fraction of sp³-hybridized carbons (Fsp3) is 0.385. The van der Waals surface area contributed by atoms with E-state index in [0.29, 0.717) is 17.1 Å². The molecule has 4 atom stereocenters. The van der Waals surface area contributed by atoms with Crippen LogP contribution in [0.1, 0.15) is 66.0 Å². The van der Waals surface area contributed by atoms with E-state index >= 15 is 0 Å². The molecule has 4 aromatic rings. The van der Waals surface area contributed by atoms with Crippen molar-refractivity contribution in [3.63, 3.8) is 0 Å². The van der Waals surface area contributed by atoms with Crippen molar-refractivity contribution in [2.45, 2.75) is 57.6 Å². The van der Waals surface area contributed by atoms with Crippen molar-refractivity contribution < 1.29 is 33.7 Å². The van der Waals surface area contributed by atoms with E-state index in [1.807, 2.05) is 64.4 Å². The molecule has 0 radical (unpaired) electrons. The molecule has 5 heterocycles. The van der Waals surface area contributed by atoms with Crippen LogP contribution in [-0.4, -0.2) is 86.8 Å². The summed E-state index contributed by atoms with van der Waals surface area (Å²) in [6.45, 7) is 5.64. The van der Waals surface area contributed by atoms with Crippen molar-refractivity contribution in [1.82, 2.24) is 24.8 Å². The molecule has 12 nitrogen and oxygen atoms in total. The van der Waals surface area contributed by atoms with Crippen LogP contribution >= 0.6 is 0 Å². The fourth-order valence-corrected chi connectivity index (χ4v) is 7.87. The number of likely N-dealkylation sites (tertiary alicyclic amines) is 2. The first-order valence-corrected chi connectivity index (χ1v) is 16.8. The Morgan fingerprint density at radius 3 is 1.80 bits per heavy atom. The van der Waals surface area contributed by atoms with Gasteiger partial charge in [-0.2, -0.15) is 0 Å². The molecule has 2 aliphatic heterocycles. The monoisotopic (exact) mass is 693 g/mol. The first-order valence-electron chi connectivity index (χ1n) is 16.8. The summed E-state index contributed by atoms with van der Waals surface area (Å²) in [6.07, 6.45) is 1.67. The number of ether oxygens (including phenoxy) is 3. The lowest BCUT2D eigenvalue weighted by Gasteiger charge is -2.65. The van der Waals surface area contributed by atoms with E-state index in [1.165, 1.54) is 14.2 Å². The van der Waals surface area contributed by atoms with Crippen molar-refractivity contribution in [3.05, 3.63) is 126 Å². The second-order valence-corrected chi connectivity index (χ2v) is 14.1. The number of hydrogen-bond donors (Lipinski definition) is 1. The SMILES string of the molecule is COC(=O)C12CN(Cc3cccc(C(=O)OC(C)(C)C)n3)CC(C(=O)OC)(C(c3ccccn3)N(Cc3ccccc3)C1c1ccccn1)C2O. The molecule has 2 saturated heterocycles. The number of fused-ring (bicyclic) bond motifs is 2. The number of aliphatic hydroxyl groups is 1. The second kappa shape index (κ2) is 14.3. The lowest BCUT2D eigenvalue weighted by molar-refractivity contribution is -0.255. The van der Waals surface area contributed by atoms with Crippen LogP contribution in [0, 0.1) is 10.8 Å². The molecule has 0 spiro atoms. The predicted octanol–water partition coefficient (Wildman–Crippen LogP) is 4.32. The zero-order valence-electron chi connectivity index (χ0n) is 29.4. The highest BCUT2D eigenvalue weighted by Gasteiger charge is 2.75. The van der Waals surface area contributed by atoms with Crippen LogP contribution < -0.4 is 0 Å². The maximum atomic E-state index is 14.6. The number of rotatable bonds is 9. The summed E-state index contributed by atoms with van der Waals surface area (Å²) in [7, 11) is 2.55. The third-order valence-corrected chi connectivity index (χ3v) is 9.66. The Morgan fingerprint density at radius 1 is 0.765 bits per heavy atom. The summed E-state index contributed by atoms with van der Waals surface area (Å²) in [5.41, 5.74) is -1.71. The Labute approximate surface area is 297 Å². The summed E-state index contributed by atoms with van der Waals surface area (Å²) in [4.78, 5) is 60.1. The van der Waals surface area contributed by atoms with Crippen LogP contribution in [0.3, 0.4) is 0 Å². The molecule has 266 valence electrons. The molecule has 0 amide bonds. The first kappa shape index (κ1) is 35.8. The van der Waals surface area contributed by atoms with Crippen molar-refractivity contribution >= 4 is 17.9 Å². The number of aromatic nitrogens is 3. The van der Waals surface area contributed by atoms with Gasteiger partial charge in [-0.05, 0) is 62.7 Å². The predicted molar refractivity (Wildman–Crippen MR) is 186 cm³/mol. The molecule has 1 aromatic carbocycles. The van der Waals surface area contributed by atoms with E-state index in [4.69, 9.17) is 24.2 Å². The summed E-state index contributed by atoms with van der Waals surface area (Å²) in [5, 5.41) is 12.9. The number of pyridine rings is 3. The molecule has 0 saturated carbocycles. The van der Waals surface area contributed by atoms with Gasteiger partial charge in [0.05, 0.1) is 49.5 Å². The molecule has 3 aromatic heterocycles. The number of esters is 3. The number of benzene rings is 1. The first-order chi connectivity index (χ1) is 24.4. The van der Waals surface area contributed by atoms with Crippen molar-refractivity contribution in [2.24, 2.45) is 10.8 Å². The molecule has 2 bridgehead atoms. The lowest BCUT2D eigenvalue weighted by Crippen LogP contribution is -2.77. The van der Waals surface area contributed by atoms with Crippen molar-refractivity contribution in [2.75, 3.05) is 27.3 Å². The molecule has 12 heteroatoms. The van der Waals surface area contributed by atoms with Crippen LogP contribution in [0.15, 0.2) is 97.3 Å². The minimum Gasteiger partial charge on any atom is -0.468 e. The van der Waals surface area contributed by atoms with Gasteiger partial charge in [0.15, 0.2) is 0 Å². The summed E-state index contributed by atoms with van der Waals surface area (Å²) < 4.78 is 16.7. The largest absolute Gasteiger partial charge is 0.468 e. The van der Waals surface area contributed by atoms with Gasteiger partial charge in [0, 0.05) is 38.6 Å². The zero-order valence-corrected chi connectivity index (χ0v) is 29.4. The van der Waals surface area contributed by atoms with Crippen LogP contribution in [0.2, 0.25) is 0 Å². The number of hydrogen-bond acceptors (Lipinski definition) is 12. The summed E-state index contributed by atoms with van der Waals surface area (Å²) in [6, 6.07) is 23.8. The van der Waals surface area contributed by atoms with E-state index in [1.54, 1.807) is 63.5 Å². The zero-order chi connectivity index (χ0) is 36.4. The van der Waals surface area contributed by atoms with Gasteiger partial charge < -0.3 is 19.3 Å². The smallest absolute Gasteiger partial charge is 0.357 e. The normalized spacial score (nSPS) is 25.1. The Hall–Kier alpha value is -5.04. The maximum Gasteiger partial charge on any atom is 0.357 e. The Kier molecular flexibility index (Phi) is 10.0. The molecule has 1 N–H and O–H groups in total. The average molecular weight is 694 g/mol. The third-order valence-electron chi connectivity index (χ3n) is 9.66. The Bertz CT molecular complexity index is 1780. The Morgan fingerprint density at radius 2 is 1.31 bits per heavy atom. The summed E-state index contributed by atoms with van der Waals surface area (Å²) in [5.74, 6) is -2.00. The van der Waals surface area contributed by atoms with Crippen LogP contribution in [0.4, 0.5) is 0 Å². The van der Waals surface area contributed by atoms with Gasteiger partial charge in [-0.3, -0.25) is 29.4 Å². The maximum absolute atomic E-state index is 14.6. The van der Waals surface area contributed by atoms with Gasteiger partial charge in [0.25, 0.3) is 0 Å². The van der Waals surface area contributed by atoms with Crippen molar-refractivity contribution in [3.8, 4) is 0 Å². The number of carbonyl (C=O) groups excluding carboxylic acids is 3. The summed E-state index contributed by atoms with van der Waals surface area (Å²) >= 11 is 0. The van der Waals surface area contributed by atoms with Gasteiger partial charge in [-0.25, -0.2) is 9.78 Å². The van der Waals surface area contributed by atoms with Crippen LogP contribution in [-0.2, 0) is 36.9 Å². The van der Waals surface area contributed by atoms with Gasteiger partial charge >= 0.3 is 17.9 Å². The van der Waals surface area contributed by atoms with E-state index < -0.39 is 52.5 Å². The molecular formula is C39H43N5O7. The third kappa shape index (κ3) is 6.62. The number of aliphatic hydroxyl groups excluding tert-OH is 1. The minimum absolute atomic E-state index is 0.0423. The fourth-order valence-electron chi connectivity index (χ4n) is 7.87. The average Bonchev–Trinajstić information content (AvgIpc) is 3.12. The highest BCUT2D eigenvalue weighted by atomic mass is 16.6. The Balaban J connectivity index is 1.58. The molecule has 2 aliphatic rings. The van der Waals surface area contributed by atoms with E-state index in [-0.39, 0.29) is 31.9 Å². The molecule has 6 rings (SSSR count). The highest BCUT2D eigenvalue weighted by Crippen LogP contribution is 2.63. The van der Waals surface area contributed by atoms with E-state index in [0.717, 1.165) is 5.56 Å². The molecule has 2 fully saturated rings. The number of piperidine rings is 2. The molecule has 0 aliphatic carbocycles. The molecule has 51 heavy (non-hydrogen) atoms. The quantitative estimate of drug-likeness (QED) is 0.197. The van der Waals surface area contributed by atoms with Gasteiger partial charge in [0.2, 0.25) is 0 Å².